The van der Waals surface area contributed by atoms with Crippen molar-refractivity contribution in [3.8, 4) is 0 Å². The van der Waals surface area contributed by atoms with E-state index in [1.54, 1.807) is 7.11 Å². The molecule has 0 N–H and O–H groups in total. The second-order valence-electron chi connectivity index (χ2n) is 2.54. The fourth-order valence-electron chi connectivity index (χ4n) is 1.13. The number of rotatable bonds is 2. The van der Waals surface area contributed by atoms with Gasteiger partial charge in [-0.3, -0.25) is 0 Å². The third-order valence-corrected chi connectivity index (χ3v) is 1.87. The Kier molecular flexibility index (Phi) is 2.40. The molecule has 0 aliphatic carbocycles. The van der Waals surface area contributed by atoms with Crippen LogP contribution >= 0.6 is 0 Å². The van der Waals surface area contributed by atoms with E-state index in [-0.39, 0.29) is 18.3 Å². The molecule has 10 heavy (non-hydrogen) atoms. The van der Waals surface area contributed by atoms with Gasteiger partial charge in [0.05, 0.1) is 6.10 Å². The summed E-state index contributed by atoms with van der Waals surface area (Å²) in [5, 5.41) is 0. The van der Waals surface area contributed by atoms with Gasteiger partial charge in [0.25, 0.3) is 0 Å². The number of methoxy groups -OCH3 is 1. The number of carbonyl (C=O) groups excluding carboxylic acids is 1. The van der Waals surface area contributed by atoms with Gasteiger partial charge in [-0.1, -0.05) is 0 Å². The predicted molar refractivity (Wildman–Crippen MR) is 35.5 cm³/mol. The molecule has 0 amide bonds. The van der Waals surface area contributed by atoms with Gasteiger partial charge in [-0.2, -0.15) is 0 Å². The molecule has 0 unspecified atom stereocenters. The smallest absolute Gasteiger partial charge is 0.158 e. The van der Waals surface area contributed by atoms with Crippen LogP contribution in [-0.2, 0) is 14.3 Å². The van der Waals surface area contributed by atoms with Gasteiger partial charge in [0.1, 0.15) is 6.29 Å². The molecule has 0 aromatic heterocycles. The normalized spacial score (nSPS) is 40.0. The van der Waals surface area contributed by atoms with Crippen LogP contribution in [0.1, 0.15) is 13.3 Å². The lowest BCUT2D eigenvalue weighted by Crippen LogP contribution is -2.12. The molecule has 0 aromatic carbocycles. The molecule has 1 aliphatic rings. The lowest BCUT2D eigenvalue weighted by atomic mass is 10.1. The first-order chi connectivity index (χ1) is 4.77. The summed E-state index contributed by atoms with van der Waals surface area (Å²) in [7, 11) is 1.59. The molecule has 0 radical (unpaired) electrons. The van der Waals surface area contributed by atoms with Crippen molar-refractivity contribution < 1.29 is 14.3 Å². The average molecular weight is 144 g/mol. The minimum Gasteiger partial charge on any atom is -0.356 e. The number of aldehydes is 1. The van der Waals surface area contributed by atoms with Crippen LogP contribution in [-0.4, -0.2) is 25.8 Å². The van der Waals surface area contributed by atoms with Crippen molar-refractivity contribution in [2.24, 2.45) is 5.92 Å². The van der Waals surface area contributed by atoms with Crippen LogP contribution in [0.3, 0.4) is 0 Å². The highest BCUT2D eigenvalue weighted by Gasteiger charge is 2.31. The number of hydrogen-bond donors (Lipinski definition) is 0. The topological polar surface area (TPSA) is 35.5 Å². The number of carbonyl (C=O) groups is 1. The van der Waals surface area contributed by atoms with Crippen LogP contribution < -0.4 is 0 Å². The highest BCUT2D eigenvalue weighted by Crippen LogP contribution is 2.24. The largest absolute Gasteiger partial charge is 0.356 e. The van der Waals surface area contributed by atoms with Crippen LogP contribution in [0.25, 0.3) is 0 Å². The van der Waals surface area contributed by atoms with Gasteiger partial charge in [0.2, 0.25) is 0 Å². The summed E-state index contributed by atoms with van der Waals surface area (Å²) >= 11 is 0. The van der Waals surface area contributed by atoms with Crippen LogP contribution in [0, 0.1) is 5.92 Å². The summed E-state index contributed by atoms with van der Waals surface area (Å²) < 4.78 is 10.2. The van der Waals surface area contributed by atoms with E-state index in [1.807, 2.05) is 6.92 Å². The number of hydrogen-bond acceptors (Lipinski definition) is 3. The third kappa shape index (κ3) is 1.36. The molecule has 1 rings (SSSR count). The van der Waals surface area contributed by atoms with E-state index in [1.165, 1.54) is 0 Å². The Hall–Kier alpha value is -0.410. The molecule has 58 valence electrons. The highest BCUT2D eigenvalue weighted by atomic mass is 16.7. The van der Waals surface area contributed by atoms with Gasteiger partial charge in [0, 0.05) is 19.4 Å². The summed E-state index contributed by atoms with van der Waals surface area (Å²) in [6.07, 6.45) is 1.47. The Morgan fingerprint density at radius 2 is 2.40 bits per heavy atom. The molecule has 0 bridgehead atoms. The van der Waals surface area contributed by atoms with E-state index >= 15 is 0 Å². The average Bonchev–Trinajstić information content (AvgIpc) is 2.30. The van der Waals surface area contributed by atoms with E-state index in [4.69, 9.17) is 9.47 Å². The molecule has 1 saturated heterocycles. The molecule has 0 aromatic rings. The quantitative estimate of drug-likeness (QED) is 0.532. The fraction of sp³-hybridized carbons (Fsp3) is 0.857. The minimum atomic E-state index is -0.176. The summed E-state index contributed by atoms with van der Waals surface area (Å²) in [6, 6.07) is 0. The molecule has 0 spiro atoms. The van der Waals surface area contributed by atoms with Gasteiger partial charge in [-0.05, 0) is 6.92 Å². The van der Waals surface area contributed by atoms with E-state index in [0.717, 1.165) is 6.29 Å². The lowest BCUT2D eigenvalue weighted by molar-refractivity contribution is -0.116. The summed E-state index contributed by atoms with van der Waals surface area (Å²) in [6.45, 7) is 1.89. The van der Waals surface area contributed by atoms with Gasteiger partial charge in [-0.25, -0.2) is 0 Å². The van der Waals surface area contributed by atoms with Crippen molar-refractivity contribution >= 4 is 6.29 Å². The second-order valence-corrected chi connectivity index (χ2v) is 2.54. The SMILES string of the molecule is CO[C@@H]1C[C@H](C=O)[C@@H](C)O1. The molecular weight excluding hydrogens is 132 g/mol. The Labute approximate surface area is 60.3 Å². The zero-order chi connectivity index (χ0) is 7.56. The molecule has 3 nitrogen and oxygen atoms in total. The van der Waals surface area contributed by atoms with Gasteiger partial charge in [0.15, 0.2) is 6.29 Å². The molecule has 3 atom stereocenters. The first-order valence-electron chi connectivity index (χ1n) is 3.41. The Morgan fingerprint density at radius 1 is 1.70 bits per heavy atom. The monoisotopic (exact) mass is 144 g/mol. The molecule has 3 heteroatoms. The van der Waals surface area contributed by atoms with E-state index in [0.29, 0.717) is 6.42 Å². The van der Waals surface area contributed by atoms with E-state index in [2.05, 4.69) is 0 Å². The van der Waals surface area contributed by atoms with Crippen molar-refractivity contribution in [1.82, 2.24) is 0 Å². The zero-order valence-electron chi connectivity index (χ0n) is 6.24. The summed E-state index contributed by atoms with van der Waals surface area (Å²) in [4.78, 5) is 10.3. The highest BCUT2D eigenvalue weighted by molar-refractivity contribution is 5.54. The van der Waals surface area contributed by atoms with E-state index < -0.39 is 0 Å². The third-order valence-electron chi connectivity index (χ3n) is 1.87. The molecule has 1 fully saturated rings. The van der Waals surface area contributed by atoms with Crippen LogP contribution in [0.5, 0.6) is 0 Å². The molecule has 1 heterocycles. The first kappa shape index (κ1) is 7.69. The molecular formula is C7H12O3. The van der Waals surface area contributed by atoms with Crippen LogP contribution in [0.4, 0.5) is 0 Å². The summed E-state index contributed by atoms with van der Waals surface area (Å²) in [5.74, 6) is 0.0185. The van der Waals surface area contributed by atoms with Crippen LogP contribution in [0.2, 0.25) is 0 Å². The lowest BCUT2D eigenvalue weighted by Gasteiger charge is -2.06. The zero-order valence-corrected chi connectivity index (χ0v) is 6.24. The van der Waals surface area contributed by atoms with Crippen molar-refractivity contribution in [2.75, 3.05) is 7.11 Å². The first-order valence-corrected chi connectivity index (χ1v) is 3.41. The summed E-state index contributed by atoms with van der Waals surface area (Å²) in [5.41, 5.74) is 0. The predicted octanol–water partition coefficient (Wildman–Crippen LogP) is 0.583. The Morgan fingerprint density at radius 3 is 2.70 bits per heavy atom. The van der Waals surface area contributed by atoms with Gasteiger partial charge in [-0.15, -0.1) is 0 Å². The Balaban J connectivity index is 2.43. The van der Waals surface area contributed by atoms with Crippen molar-refractivity contribution in [1.29, 1.82) is 0 Å². The molecule has 0 saturated carbocycles. The number of ether oxygens (including phenoxy) is 2. The van der Waals surface area contributed by atoms with E-state index in [9.17, 15) is 4.79 Å². The molecule has 1 aliphatic heterocycles. The maximum absolute atomic E-state index is 10.3. The maximum atomic E-state index is 10.3. The second kappa shape index (κ2) is 3.12. The van der Waals surface area contributed by atoms with Crippen molar-refractivity contribution in [2.45, 2.75) is 25.7 Å². The van der Waals surface area contributed by atoms with Gasteiger partial charge >= 0.3 is 0 Å². The van der Waals surface area contributed by atoms with Crippen molar-refractivity contribution in [3.05, 3.63) is 0 Å². The standard InChI is InChI=1S/C7H12O3/c1-5-6(4-8)3-7(9-2)10-5/h4-7H,3H2,1-2H3/t5-,6-,7+/m1/s1. The minimum absolute atomic E-state index is 0.0162. The fourth-order valence-corrected chi connectivity index (χ4v) is 1.13. The van der Waals surface area contributed by atoms with Gasteiger partial charge < -0.3 is 14.3 Å². The van der Waals surface area contributed by atoms with Crippen LogP contribution in [0.15, 0.2) is 0 Å². The Bertz CT molecular complexity index is 124. The van der Waals surface area contributed by atoms with Crippen molar-refractivity contribution in [3.63, 3.8) is 0 Å². The maximum Gasteiger partial charge on any atom is 0.158 e.